The molecule has 4 heteroatoms. The van der Waals surface area contributed by atoms with Gasteiger partial charge in [-0.2, -0.15) is 0 Å². The SMILES string of the molecule is CC1(C)COC(C2CCC(CBr)CC2F)=N1. The summed E-state index contributed by atoms with van der Waals surface area (Å²) in [6, 6.07) is 0. The molecule has 3 atom stereocenters. The Morgan fingerprint density at radius 1 is 1.50 bits per heavy atom. The van der Waals surface area contributed by atoms with Crippen molar-refractivity contribution in [3.05, 3.63) is 0 Å². The van der Waals surface area contributed by atoms with Crippen molar-refractivity contribution in [2.24, 2.45) is 16.8 Å². The number of hydrogen-bond donors (Lipinski definition) is 0. The summed E-state index contributed by atoms with van der Waals surface area (Å²) in [5, 5.41) is 0.902. The number of hydrogen-bond acceptors (Lipinski definition) is 2. The second kappa shape index (κ2) is 4.63. The van der Waals surface area contributed by atoms with Gasteiger partial charge in [0.05, 0.1) is 11.5 Å². The molecule has 0 aromatic heterocycles. The summed E-state index contributed by atoms with van der Waals surface area (Å²) in [5.41, 5.74) is -0.165. The lowest BCUT2D eigenvalue weighted by molar-refractivity contribution is 0.153. The van der Waals surface area contributed by atoms with Gasteiger partial charge in [-0.15, -0.1) is 0 Å². The lowest BCUT2D eigenvalue weighted by Crippen LogP contribution is -2.32. The van der Waals surface area contributed by atoms with Crippen LogP contribution in [0.1, 0.15) is 33.1 Å². The third-order valence-corrected chi connectivity index (χ3v) is 4.32. The Balaban J connectivity index is 2.01. The van der Waals surface area contributed by atoms with E-state index in [4.69, 9.17) is 4.74 Å². The molecule has 0 spiro atoms. The molecule has 0 radical (unpaired) electrons. The van der Waals surface area contributed by atoms with Crippen molar-refractivity contribution in [2.75, 3.05) is 11.9 Å². The van der Waals surface area contributed by atoms with Gasteiger partial charge in [0.1, 0.15) is 12.8 Å². The van der Waals surface area contributed by atoms with E-state index in [1.807, 2.05) is 13.8 Å². The number of nitrogens with zero attached hydrogens (tertiary/aromatic N) is 1. The molecule has 0 amide bonds. The van der Waals surface area contributed by atoms with Crippen LogP contribution in [0.25, 0.3) is 0 Å². The largest absolute Gasteiger partial charge is 0.478 e. The normalized spacial score (nSPS) is 38.0. The zero-order valence-corrected chi connectivity index (χ0v) is 11.5. The van der Waals surface area contributed by atoms with E-state index in [0.717, 1.165) is 18.2 Å². The van der Waals surface area contributed by atoms with Gasteiger partial charge in [-0.05, 0) is 39.0 Å². The molecular formula is C12H19BrFNO. The van der Waals surface area contributed by atoms with Gasteiger partial charge < -0.3 is 4.74 Å². The Morgan fingerprint density at radius 3 is 2.75 bits per heavy atom. The lowest BCUT2D eigenvalue weighted by Gasteiger charge is -2.30. The minimum atomic E-state index is -0.788. The highest BCUT2D eigenvalue weighted by molar-refractivity contribution is 9.09. The van der Waals surface area contributed by atoms with Gasteiger partial charge in [0.25, 0.3) is 0 Å². The summed E-state index contributed by atoms with van der Waals surface area (Å²) in [7, 11) is 0. The van der Waals surface area contributed by atoms with Gasteiger partial charge in [0.15, 0.2) is 5.90 Å². The van der Waals surface area contributed by atoms with Crippen molar-refractivity contribution < 1.29 is 9.13 Å². The molecule has 1 saturated carbocycles. The molecule has 1 heterocycles. The first-order valence-electron chi connectivity index (χ1n) is 5.94. The first-order chi connectivity index (χ1) is 7.52. The Hall–Kier alpha value is -0.120. The monoisotopic (exact) mass is 291 g/mol. The Labute approximate surface area is 105 Å². The molecule has 0 N–H and O–H groups in total. The third kappa shape index (κ3) is 2.58. The molecule has 92 valence electrons. The first-order valence-corrected chi connectivity index (χ1v) is 7.06. The van der Waals surface area contributed by atoms with Crippen LogP contribution in [0, 0.1) is 11.8 Å². The zero-order valence-electron chi connectivity index (χ0n) is 9.88. The van der Waals surface area contributed by atoms with Crippen LogP contribution in [0.5, 0.6) is 0 Å². The standard InChI is InChI=1S/C12H19BrFNO/c1-12(2)7-16-11(15-12)9-4-3-8(6-13)5-10(9)14/h8-10H,3-7H2,1-2H3. The number of aliphatic imine (C=N–C) groups is 1. The van der Waals surface area contributed by atoms with Crippen molar-refractivity contribution >= 4 is 21.8 Å². The minimum absolute atomic E-state index is 0.0999. The van der Waals surface area contributed by atoms with Crippen LogP contribution >= 0.6 is 15.9 Å². The molecule has 1 aliphatic heterocycles. The summed E-state index contributed by atoms with van der Waals surface area (Å²) in [4.78, 5) is 4.49. The summed E-state index contributed by atoms with van der Waals surface area (Å²) in [6.07, 6.45) is 1.79. The van der Waals surface area contributed by atoms with E-state index in [0.29, 0.717) is 24.8 Å². The average Bonchev–Trinajstić information content (AvgIpc) is 2.58. The first kappa shape index (κ1) is 12.3. The highest BCUT2D eigenvalue weighted by atomic mass is 79.9. The zero-order chi connectivity index (χ0) is 11.8. The molecule has 1 aliphatic carbocycles. The molecule has 16 heavy (non-hydrogen) atoms. The molecule has 0 bridgehead atoms. The topological polar surface area (TPSA) is 21.6 Å². The van der Waals surface area contributed by atoms with Crippen LogP contribution in [-0.2, 0) is 4.74 Å². The second-order valence-electron chi connectivity index (χ2n) is 5.51. The van der Waals surface area contributed by atoms with Gasteiger partial charge in [-0.1, -0.05) is 15.9 Å². The van der Waals surface area contributed by atoms with Crippen molar-refractivity contribution in [3.8, 4) is 0 Å². The van der Waals surface area contributed by atoms with E-state index < -0.39 is 6.17 Å². The maximum atomic E-state index is 14.0. The molecule has 1 fully saturated rings. The van der Waals surface area contributed by atoms with E-state index in [2.05, 4.69) is 20.9 Å². The Kier molecular flexibility index (Phi) is 3.57. The maximum Gasteiger partial charge on any atom is 0.190 e. The third-order valence-electron chi connectivity index (χ3n) is 3.40. The minimum Gasteiger partial charge on any atom is -0.478 e. The predicted octanol–water partition coefficient (Wildman–Crippen LogP) is 3.34. The number of alkyl halides is 2. The van der Waals surface area contributed by atoms with Gasteiger partial charge in [-0.25, -0.2) is 9.38 Å². The highest BCUT2D eigenvalue weighted by Crippen LogP contribution is 2.35. The van der Waals surface area contributed by atoms with Crippen LogP contribution < -0.4 is 0 Å². The molecule has 0 aromatic carbocycles. The van der Waals surface area contributed by atoms with Crippen molar-refractivity contribution in [1.29, 1.82) is 0 Å². The number of ether oxygens (including phenoxy) is 1. The Morgan fingerprint density at radius 2 is 2.25 bits per heavy atom. The fourth-order valence-electron chi connectivity index (χ4n) is 2.42. The summed E-state index contributed by atoms with van der Waals surface area (Å²) in [6.45, 7) is 4.64. The van der Waals surface area contributed by atoms with Crippen molar-refractivity contribution in [3.63, 3.8) is 0 Å². The van der Waals surface area contributed by atoms with Crippen LogP contribution in [-0.4, -0.2) is 29.5 Å². The van der Waals surface area contributed by atoms with Gasteiger partial charge in [0.2, 0.25) is 0 Å². The van der Waals surface area contributed by atoms with Crippen molar-refractivity contribution in [2.45, 2.75) is 44.8 Å². The highest BCUT2D eigenvalue weighted by Gasteiger charge is 2.38. The summed E-state index contributed by atoms with van der Waals surface area (Å²) in [5.74, 6) is 1.03. The van der Waals surface area contributed by atoms with Gasteiger partial charge in [-0.3, -0.25) is 0 Å². The summed E-state index contributed by atoms with van der Waals surface area (Å²) >= 11 is 3.43. The second-order valence-corrected chi connectivity index (χ2v) is 6.15. The van der Waals surface area contributed by atoms with Crippen LogP contribution in [0.2, 0.25) is 0 Å². The fraction of sp³-hybridized carbons (Fsp3) is 0.917. The molecule has 0 saturated heterocycles. The lowest BCUT2D eigenvalue weighted by atomic mass is 9.81. The molecule has 2 rings (SSSR count). The van der Waals surface area contributed by atoms with E-state index in [1.165, 1.54) is 0 Å². The molecular weight excluding hydrogens is 273 g/mol. The number of halogens is 2. The van der Waals surface area contributed by atoms with E-state index >= 15 is 0 Å². The van der Waals surface area contributed by atoms with E-state index in [9.17, 15) is 4.39 Å². The molecule has 3 unspecified atom stereocenters. The predicted molar refractivity (Wildman–Crippen MR) is 67.0 cm³/mol. The molecule has 2 aliphatic rings. The quantitative estimate of drug-likeness (QED) is 0.715. The maximum absolute atomic E-state index is 14.0. The fourth-order valence-corrected chi connectivity index (χ4v) is 3.01. The van der Waals surface area contributed by atoms with E-state index in [1.54, 1.807) is 0 Å². The van der Waals surface area contributed by atoms with Gasteiger partial charge >= 0.3 is 0 Å². The van der Waals surface area contributed by atoms with E-state index in [-0.39, 0.29) is 11.5 Å². The van der Waals surface area contributed by atoms with Gasteiger partial charge in [0, 0.05) is 5.33 Å². The smallest absolute Gasteiger partial charge is 0.190 e. The Bertz CT molecular complexity index is 293. The van der Waals surface area contributed by atoms with Crippen molar-refractivity contribution in [1.82, 2.24) is 0 Å². The van der Waals surface area contributed by atoms with Crippen LogP contribution in [0.15, 0.2) is 4.99 Å². The number of rotatable bonds is 2. The average molecular weight is 292 g/mol. The molecule has 2 nitrogen and oxygen atoms in total. The van der Waals surface area contributed by atoms with Crippen LogP contribution in [0.4, 0.5) is 4.39 Å². The van der Waals surface area contributed by atoms with Crippen LogP contribution in [0.3, 0.4) is 0 Å². The molecule has 0 aromatic rings. The summed E-state index contributed by atoms with van der Waals surface area (Å²) < 4.78 is 19.6.